The highest BCUT2D eigenvalue weighted by molar-refractivity contribution is 6.00. The molecule has 106 valence electrons. The predicted molar refractivity (Wildman–Crippen MR) is 71.8 cm³/mol. The number of amides is 3. The van der Waals surface area contributed by atoms with Gasteiger partial charge in [-0.3, -0.25) is 14.9 Å². The first-order valence-corrected chi connectivity index (χ1v) is 6.36. The van der Waals surface area contributed by atoms with Crippen LogP contribution in [0, 0.1) is 0 Å². The summed E-state index contributed by atoms with van der Waals surface area (Å²) in [5.41, 5.74) is 1.66. The number of nitrogens with one attached hydrogen (secondary N) is 2. The molecule has 0 spiro atoms. The third-order valence-electron chi connectivity index (χ3n) is 3.14. The average molecular weight is 276 g/mol. The van der Waals surface area contributed by atoms with E-state index in [1.165, 1.54) is 7.05 Å². The number of rotatable bonds is 3. The third-order valence-corrected chi connectivity index (χ3v) is 3.14. The number of ether oxygens (including phenoxy) is 1. The SMILES string of the molecule is CNC(=O)NC(=O)C(C)Oc1ccc2c(c1)CCC2=O. The number of Topliss-reactive ketones (excluding diaryl/α,β-unsaturated/α-hetero) is 1. The van der Waals surface area contributed by atoms with Gasteiger partial charge in [-0.15, -0.1) is 0 Å². The van der Waals surface area contributed by atoms with Gasteiger partial charge in [0.05, 0.1) is 0 Å². The second kappa shape index (κ2) is 5.73. The number of carbonyl (C=O) groups is 3. The van der Waals surface area contributed by atoms with E-state index in [9.17, 15) is 14.4 Å². The smallest absolute Gasteiger partial charge is 0.321 e. The van der Waals surface area contributed by atoms with Crippen molar-refractivity contribution in [1.29, 1.82) is 0 Å². The summed E-state index contributed by atoms with van der Waals surface area (Å²) in [6.07, 6.45) is 0.415. The fourth-order valence-electron chi connectivity index (χ4n) is 2.04. The molecule has 1 atom stereocenters. The standard InChI is InChI=1S/C14H16N2O4/c1-8(13(18)16-14(19)15-2)20-10-4-5-11-9(7-10)3-6-12(11)17/h4-5,7-8H,3,6H2,1-2H3,(H2,15,16,18,19). The van der Waals surface area contributed by atoms with Gasteiger partial charge in [0.25, 0.3) is 5.91 Å². The lowest BCUT2D eigenvalue weighted by Crippen LogP contribution is -2.43. The molecule has 0 bridgehead atoms. The minimum absolute atomic E-state index is 0.136. The van der Waals surface area contributed by atoms with Crippen molar-refractivity contribution in [3.63, 3.8) is 0 Å². The van der Waals surface area contributed by atoms with E-state index in [-0.39, 0.29) is 5.78 Å². The molecule has 1 aliphatic carbocycles. The van der Waals surface area contributed by atoms with Gasteiger partial charge in [0.2, 0.25) is 0 Å². The van der Waals surface area contributed by atoms with Gasteiger partial charge in [0.15, 0.2) is 11.9 Å². The quantitative estimate of drug-likeness (QED) is 0.863. The molecular weight excluding hydrogens is 260 g/mol. The van der Waals surface area contributed by atoms with E-state index in [4.69, 9.17) is 4.74 Å². The molecule has 0 radical (unpaired) electrons. The summed E-state index contributed by atoms with van der Waals surface area (Å²) in [6, 6.07) is 4.56. The maximum atomic E-state index is 11.7. The number of ketones is 1. The Morgan fingerprint density at radius 3 is 2.75 bits per heavy atom. The highest BCUT2D eigenvalue weighted by Gasteiger charge is 2.21. The van der Waals surface area contributed by atoms with E-state index in [0.717, 1.165) is 11.1 Å². The van der Waals surface area contributed by atoms with Crippen molar-refractivity contribution >= 4 is 17.7 Å². The Hall–Kier alpha value is -2.37. The molecule has 3 amide bonds. The van der Waals surface area contributed by atoms with Crippen LogP contribution >= 0.6 is 0 Å². The fourth-order valence-corrected chi connectivity index (χ4v) is 2.04. The third kappa shape index (κ3) is 2.96. The van der Waals surface area contributed by atoms with Crippen molar-refractivity contribution in [3.8, 4) is 5.75 Å². The molecule has 0 fully saturated rings. The monoisotopic (exact) mass is 276 g/mol. The first-order valence-electron chi connectivity index (χ1n) is 6.36. The molecule has 0 aromatic heterocycles. The van der Waals surface area contributed by atoms with Crippen LogP contribution in [-0.2, 0) is 11.2 Å². The van der Waals surface area contributed by atoms with E-state index in [0.29, 0.717) is 18.6 Å². The highest BCUT2D eigenvalue weighted by atomic mass is 16.5. The Morgan fingerprint density at radius 2 is 2.05 bits per heavy atom. The molecule has 1 aromatic rings. The molecule has 20 heavy (non-hydrogen) atoms. The fraction of sp³-hybridized carbons (Fsp3) is 0.357. The number of urea groups is 1. The number of hydrogen-bond acceptors (Lipinski definition) is 4. The van der Waals surface area contributed by atoms with Gasteiger partial charge < -0.3 is 10.1 Å². The minimum Gasteiger partial charge on any atom is -0.481 e. The molecule has 0 saturated heterocycles. The summed E-state index contributed by atoms with van der Waals surface area (Å²) in [6.45, 7) is 1.55. The van der Waals surface area contributed by atoms with Crippen LogP contribution < -0.4 is 15.4 Å². The summed E-state index contributed by atoms with van der Waals surface area (Å²) >= 11 is 0. The number of hydrogen-bond donors (Lipinski definition) is 2. The van der Waals surface area contributed by atoms with E-state index in [1.807, 2.05) is 0 Å². The van der Waals surface area contributed by atoms with Crippen molar-refractivity contribution in [2.24, 2.45) is 0 Å². The van der Waals surface area contributed by atoms with E-state index < -0.39 is 18.0 Å². The molecule has 6 heteroatoms. The lowest BCUT2D eigenvalue weighted by atomic mass is 10.1. The van der Waals surface area contributed by atoms with E-state index in [1.54, 1.807) is 25.1 Å². The first kappa shape index (κ1) is 14.0. The normalized spacial score (nSPS) is 14.4. The van der Waals surface area contributed by atoms with Crippen LogP contribution in [0.25, 0.3) is 0 Å². The summed E-state index contributed by atoms with van der Waals surface area (Å²) in [7, 11) is 1.42. The predicted octanol–water partition coefficient (Wildman–Crippen LogP) is 1.04. The number of imide groups is 1. The molecule has 1 aliphatic rings. The number of aryl methyl sites for hydroxylation is 1. The van der Waals surface area contributed by atoms with Crippen LogP contribution in [0.15, 0.2) is 18.2 Å². The minimum atomic E-state index is -0.803. The zero-order valence-corrected chi connectivity index (χ0v) is 11.4. The zero-order chi connectivity index (χ0) is 14.7. The second-order valence-electron chi connectivity index (χ2n) is 4.57. The van der Waals surface area contributed by atoms with Crippen molar-refractivity contribution < 1.29 is 19.1 Å². The number of benzene rings is 1. The molecule has 2 rings (SSSR count). The Balaban J connectivity index is 2.01. The topological polar surface area (TPSA) is 84.5 Å². The Bertz CT molecular complexity index is 568. The molecule has 0 aliphatic heterocycles. The van der Waals surface area contributed by atoms with E-state index >= 15 is 0 Å². The van der Waals surface area contributed by atoms with Gasteiger partial charge >= 0.3 is 6.03 Å². The van der Waals surface area contributed by atoms with Crippen molar-refractivity contribution in [3.05, 3.63) is 29.3 Å². The van der Waals surface area contributed by atoms with Crippen molar-refractivity contribution in [2.45, 2.75) is 25.9 Å². The summed E-state index contributed by atoms with van der Waals surface area (Å²) in [5.74, 6) is 0.121. The van der Waals surface area contributed by atoms with Crippen LogP contribution in [-0.4, -0.2) is 30.9 Å². The molecule has 6 nitrogen and oxygen atoms in total. The van der Waals surface area contributed by atoms with Crippen LogP contribution in [0.3, 0.4) is 0 Å². The largest absolute Gasteiger partial charge is 0.481 e. The lowest BCUT2D eigenvalue weighted by Gasteiger charge is -2.14. The van der Waals surface area contributed by atoms with Crippen LogP contribution in [0.2, 0.25) is 0 Å². The average Bonchev–Trinajstić information content (AvgIpc) is 2.79. The van der Waals surface area contributed by atoms with Crippen LogP contribution in [0.4, 0.5) is 4.79 Å². The van der Waals surface area contributed by atoms with Gasteiger partial charge in [-0.1, -0.05) is 0 Å². The Morgan fingerprint density at radius 1 is 1.30 bits per heavy atom. The Labute approximate surface area is 116 Å². The molecule has 2 N–H and O–H groups in total. The first-order chi connectivity index (χ1) is 9.51. The summed E-state index contributed by atoms with van der Waals surface area (Å²) < 4.78 is 5.48. The van der Waals surface area contributed by atoms with Crippen molar-refractivity contribution in [1.82, 2.24) is 10.6 Å². The highest BCUT2D eigenvalue weighted by Crippen LogP contribution is 2.26. The van der Waals surface area contributed by atoms with Gasteiger partial charge in [-0.2, -0.15) is 0 Å². The second-order valence-corrected chi connectivity index (χ2v) is 4.57. The maximum absolute atomic E-state index is 11.7. The molecule has 1 aromatic carbocycles. The van der Waals surface area contributed by atoms with E-state index in [2.05, 4.69) is 10.6 Å². The number of carbonyl (C=O) groups excluding carboxylic acids is 3. The Kier molecular flexibility index (Phi) is 4.02. The van der Waals surface area contributed by atoms with Crippen LogP contribution in [0.5, 0.6) is 5.75 Å². The zero-order valence-electron chi connectivity index (χ0n) is 11.4. The summed E-state index contributed by atoms with van der Waals surface area (Å²) in [5, 5.41) is 4.43. The summed E-state index contributed by atoms with van der Waals surface area (Å²) in [4.78, 5) is 34.2. The van der Waals surface area contributed by atoms with Crippen LogP contribution in [0.1, 0.15) is 29.3 Å². The maximum Gasteiger partial charge on any atom is 0.321 e. The molecule has 1 unspecified atom stereocenters. The molecule has 0 saturated carbocycles. The van der Waals surface area contributed by atoms with Gasteiger partial charge in [0, 0.05) is 19.0 Å². The lowest BCUT2D eigenvalue weighted by molar-refractivity contribution is -0.126. The molecular formula is C14H16N2O4. The molecule has 0 heterocycles. The van der Waals surface area contributed by atoms with Gasteiger partial charge in [0.1, 0.15) is 5.75 Å². The van der Waals surface area contributed by atoms with Gasteiger partial charge in [-0.25, -0.2) is 4.79 Å². The van der Waals surface area contributed by atoms with Crippen molar-refractivity contribution in [2.75, 3.05) is 7.05 Å². The number of fused-ring (bicyclic) bond motifs is 1. The van der Waals surface area contributed by atoms with Gasteiger partial charge in [-0.05, 0) is 37.1 Å².